The highest BCUT2D eigenvalue weighted by Gasteiger charge is 2.57. The van der Waals surface area contributed by atoms with Crippen LogP contribution in [-0.4, -0.2) is 8.97 Å². The Morgan fingerprint density at radius 1 is 0.383 bits per heavy atom. The second-order valence-corrected chi connectivity index (χ2v) is 19.0. The first-order valence-corrected chi connectivity index (χ1v) is 21.3. The Bertz CT molecular complexity index is 3810. The molecule has 3 heteroatoms. The van der Waals surface area contributed by atoms with Gasteiger partial charge in [-0.1, -0.05) is 133 Å². The summed E-state index contributed by atoms with van der Waals surface area (Å²) in [6.07, 6.45) is 0. The van der Waals surface area contributed by atoms with Crippen LogP contribution in [0.25, 0.3) is 110 Å². The first-order valence-electron chi connectivity index (χ1n) is 21.3. The van der Waals surface area contributed by atoms with E-state index in [1.54, 1.807) is 0 Å². The van der Waals surface area contributed by atoms with E-state index < -0.39 is 0 Å². The van der Waals surface area contributed by atoms with Gasteiger partial charge in [-0.3, -0.25) is 0 Å². The van der Waals surface area contributed by atoms with Crippen LogP contribution in [0.3, 0.4) is 0 Å². The summed E-state index contributed by atoms with van der Waals surface area (Å²) in [5.74, 6) is 0. The van der Waals surface area contributed by atoms with Crippen molar-refractivity contribution in [1.29, 1.82) is 0 Å². The predicted molar refractivity (Wildman–Crippen MR) is 253 cm³/mol. The fourth-order valence-electron chi connectivity index (χ4n) is 11.4. The minimum atomic E-state index is -0.0564. The third-order valence-electron chi connectivity index (χ3n) is 15.8. The Kier molecular flexibility index (Phi) is 6.39. The number of benzene rings is 8. The molecule has 0 radical (unpaired) electrons. The van der Waals surface area contributed by atoms with E-state index in [0.717, 1.165) is 21.9 Å². The fraction of sp³-hybridized carbons (Fsp3) is 0.158. The number of hydrogen-bond donors (Lipinski definition) is 0. The van der Waals surface area contributed by atoms with Crippen LogP contribution in [0.1, 0.15) is 52.7 Å². The lowest BCUT2D eigenvalue weighted by Gasteiger charge is -2.44. The number of furan rings is 1. The van der Waals surface area contributed by atoms with Crippen LogP contribution in [0.2, 0.25) is 0 Å². The third kappa shape index (κ3) is 4.10. The highest BCUT2D eigenvalue weighted by atomic mass is 16.3. The molecular weight excluding hydrogens is 729 g/mol. The van der Waals surface area contributed by atoms with Gasteiger partial charge in [-0.25, -0.2) is 0 Å². The van der Waals surface area contributed by atoms with Gasteiger partial charge in [0.25, 0.3) is 0 Å². The van der Waals surface area contributed by atoms with E-state index in [9.17, 15) is 0 Å². The van der Waals surface area contributed by atoms with Gasteiger partial charge in [0, 0.05) is 48.7 Å². The van der Waals surface area contributed by atoms with E-state index in [1.165, 1.54) is 99.0 Å². The maximum absolute atomic E-state index is 6.21. The maximum Gasteiger partial charge on any atom is 0.135 e. The Hall–Kier alpha value is -6.84. The van der Waals surface area contributed by atoms with E-state index in [0.29, 0.717) is 0 Å². The maximum atomic E-state index is 6.21. The molecule has 60 heavy (non-hydrogen) atoms. The van der Waals surface area contributed by atoms with Crippen LogP contribution in [0.4, 0.5) is 0 Å². The molecule has 1 aliphatic rings. The van der Waals surface area contributed by atoms with Gasteiger partial charge >= 0.3 is 0 Å². The van der Waals surface area contributed by atoms with Gasteiger partial charge in [-0.2, -0.15) is 0 Å². The average molecular weight is 773 g/mol. The molecule has 0 unspecified atom stereocenters. The summed E-state index contributed by atoms with van der Waals surface area (Å²) in [7, 11) is 0. The van der Waals surface area contributed by atoms with Gasteiger partial charge in [0.15, 0.2) is 0 Å². The van der Waals surface area contributed by atoms with Crippen molar-refractivity contribution in [3.05, 3.63) is 169 Å². The van der Waals surface area contributed by atoms with E-state index in [-0.39, 0.29) is 16.2 Å². The molecule has 1 aliphatic carbocycles. The molecule has 0 amide bonds. The Morgan fingerprint density at radius 2 is 0.883 bits per heavy atom. The third-order valence-corrected chi connectivity index (χ3v) is 15.8. The van der Waals surface area contributed by atoms with Crippen LogP contribution in [0.5, 0.6) is 0 Å². The van der Waals surface area contributed by atoms with Crippen LogP contribution in [-0.2, 0) is 10.8 Å². The van der Waals surface area contributed by atoms with Crippen LogP contribution < -0.4 is 0 Å². The molecule has 12 aromatic rings. The second-order valence-electron chi connectivity index (χ2n) is 19.0. The molecule has 0 spiro atoms. The molecule has 8 aromatic carbocycles. The number of hydrogen-bond acceptors (Lipinski definition) is 1. The molecule has 4 heterocycles. The van der Waals surface area contributed by atoms with Crippen molar-refractivity contribution in [3.63, 3.8) is 0 Å². The van der Waals surface area contributed by atoms with Crippen LogP contribution in [0, 0.1) is 5.41 Å². The Morgan fingerprint density at radius 3 is 1.67 bits per heavy atom. The van der Waals surface area contributed by atoms with Crippen molar-refractivity contribution in [2.75, 3.05) is 0 Å². The van der Waals surface area contributed by atoms with Crippen LogP contribution >= 0.6 is 0 Å². The summed E-state index contributed by atoms with van der Waals surface area (Å²) in [6.45, 7) is 14.8. The lowest BCUT2D eigenvalue weighted by molar-refractivity contribution is 0.125. The van der Waals surface area contributed by atoms with E-state index in [1.807, 2.05) is 6.07 Å². The zero-order valence-electron chi connectivity index (χ0n) is 34.8. The van der Waals surface area contributed by atoms with Gasteiger partial charge in [-0.05, 0) is 111 Å². The highest BCUT2D eigenvalue weighted by molar-refractivity contribution is 6.23. The quantitative estimate of drug-likeness (QED) is 0.175. The fourth-order valence-corrected chi connectivity index (χ4v) is 11.4. The van der Waals surface area contributed by atoms with Crippen molar-refractivity contribution in [3.8, 4) is 27.9 Å². The largest absolute Gasteiger partial charge is 0.456 e. The number of aromatic nitrogens is 2. The summed E-state index contributed by atoms with van der Waals surface area (Å²) in [5, 5.41) is 10.0. The molecule has 0 saturated heterocycles. The number of fused-ring (bicyclic) bond motifs is 13. The lowest BCUT2D eigenvalue weighted by Crippen LogP contribution is -2.42. The number of para-hydroxylation sites is 4. The normalized spacial score (nSPS) is 15.9. The second kappa shape index (κ2) is 11.2. The van der Waals surface area contributed by atoms with E-state index >= 15 is 0 Å². The molecule has 0 fully saturated rings. The highest BCUT2D eigenvalue weighted by Crippen LogP contribution is 2.62. The topological polar surface area (TPSA) is 22.5 Å². The van der Waals surface area contributed by atoms with Gasteiger partial charge in [-0.15, -0.1) is 0 Å². The summed E-state index contributed by atoms with van der Waals surface area (Å²) in [6, 6.07) is 58.9. The molecule has 0 bridgehead atoms. The SMILES string of the molecule is CC1(C)c2cc(-c3ccc4c(c3)c3cccc5c6ccccc6n4c53)c(-n3c4ccccc4c4cc(-c5ccc6oc7ccccc7c6c5)ccc43)cc2C(C)(C)C1(C)C. The molecule has 4 aromatic heterocycles. The molecule has 3 nitrogen and oxygen atoms in total. The average Bonchev–Trinajstić information content (AvgIpc) is 4.02. The molecular formula is C57H44N2O. The Balaban J connectivity index is 1.09. The lowest BCUT2D eigenvalue weighted by atomic mass is 9.59. The molecule has 0 atom stereocenters. The van der Waals surface area contributed by atoms with Crippen molar-refractivity contribution in [2.24, 2.45) is 5.41 Å². The first-order chi connectivity index (χ1) is 29.0. The zero-order valence-corrected chi connectivity index (χ0v) is 34.8. The molecule has 0 saturated carbocycles. The first kappa shape index (κ1) is 34.1. The van der Waals surface area contributed by atoms with Crippen molar-refractivity contribution >= 4 is 81.8 Å². The molecule has 288 valence electrons. The monoisotopic (exact) mass is 772 g/mol. The number of rotatable bonds is 3. The van der Waals surface area contributed by atoms with Crippen molar-refractivity contribution in [2.45, 2.75) is 52.4 Å². The van der Waals surface area contributed by atoms with Gasteiger partial charge in [0.1, 0.15) is 11.2 Å². The molecule has 0 N–H and O–H groups in total. The molecule has 13 rings (SSSR count). The van der Waals surface area contributed by atoms with Crippen molar-refractivity contribution in [1.82, 2.24) is 8.97 Å². The predicted octanol–water partition coefficient (Wildman–Crippen LogP) is 15.8. The standard InChI is InChI=1S/C57H44N2O/c1-55(2)45-31-41(35-23-26-50-43(30-35)40-18-13-17-39-36-14-7-11-20-48(36)59(50)54(39)40)51(32-46(45)56(3,4)57(55,5)6)58-47-19-10-8-15-37(47)42-28-33(22-25-49(42)58)34-24-27-53-44(29-34)38-16-9-12-21-52(38)60-53/h7-32H,1-6H3. The summed E-state index contributed by atoms with van der Waals surface area (Å²) >= 11 is 0. The zero-order chi connectivity index (χ0) is 40.4. The van der Waals surface area contributed by atoms with Gasteiger partial charge in [0.2, 0.25) is 0 Å². The summed E-state index contributed by atoms with van der Waals surface area (Å²) < 4.78 is 11.2. The smallest absolute Gasteiger partial charge is 0.135 e. The Labute approximate surface area is 348 Å². The van der Waals surface area contributed by atoms with Gasteiger partial charge in [0.05, 0.1) is 33.3 Å². The van der Waals surface area contributed by atoms with Crippen molar-refractivity contribution < 1.29 is 4.42 Å². The summed E-state index contributed by atoms with van der Waals surface area (Å²) in [4.78, 5) is 0. The van der Waals surface area contributed by atoms with E-state index in [4.69, 9.17) is 4.42 Å². The molecule has 0 aliphatic heterocycles. The minimum absolute atomic E-state index is 0.0214. The van der Waals surface area contributed by atoms with E-state index in [2.05, 4.69) is 202 Å². The minimum Gasteiger partial charge on any atom is -0.456 e. The summed E-state index contributed by atoms with van der Waals surface area (Å²) in [5.41, 5.74) is 17.0. The van der Waals surface area contributed by atoms with Crippen LogP contribution in [0.15, 0.2) is 162 Å². The number of nitrogens with zero attached hydrogens (tertiary/aromatic N) is 2. The van der Waals surface area contributed by atoms with Gasteiger partial charge < -0.3 is 13.4 Å².